The Morgan fingerprint density at radius 1 is 1.24 bits per heavy atom. The van der Waals surface area contributed by atoms with E-state index in [-0.39, 0.29) is 17.8 Å². The minimum atomic E-state index is -0.862. The molecule has 0 aliphatic rings. The van der Waals surface area contributed by atoms with Crippen LogP contribution >= 0.6 is 0 Å². The van der Waals surface area contributed by atoms with Gasteiger partial charge >= 0.3 is 0 Å². The Balaban J connectivity index is 2.08. The molecule has 5 nitrogen and oxygen atoms in total. The van der Waals surface area contributed by atoms with Crippen molar-refractivity contribution in [2.75, 3.05) is 5.32 Å². The van der Waals surface area contributed by atoms with Crippen LogP contribution in [0.5, 0.6) is 0 Å². The molecule has 0 atom stereocenters. The first-order chi connectivity index (χ1) is 9.95. The number of pyridine rings is 1. The Kier molecular flexibility index (Phi) is 4.22. The molecular formula is C14H12F2N3O2+. The van der Waals surface area contributed by atoms with Crippen molar-refractivity contribution in [3.63, 3.8) is 0 Å². The number of carbonyl (C=O) groups is 2. The van der Waals surface area contributed by atoms with Gasteiger partial charge in [0.15, 0.2) is 12.4 Å². The van der Waals surface area contributed by atoms with Crippen molar-refractivity contribution < 1.29 is 22.9 Å². The molecule has 2 aromatic rings. The van der Waals surface area contributed by atoms with Gasteiger partial charge in [0.2, 0.25) is 6.54 Å². The van der Waals surface area contributed by atoms with Gasteiger partial charge in [0.1, 0.15) is 17.2 Å². The van der Waals surface area contributed by atoms with E-state index in [2.05, 4.69) is 5.32 Å². The van der Waals surface area contributed by atoms with E-state index in [1.54, 1.807) is 12.3 Å². The summed E-state index contributed by atoms with van der Waals surface area (Å²) in [5, 5.41) is 2.32. The number of halogens is 2. The second kappa shape index (κ2) is 6.08. The topological polar surface area (TPSA) is 76.1 Å². The fraction of sp³-hybridized carbons (Fsp3) is 0.0714. The predicted molar refractivity (Wildman–Crippen MR) is 70.1 cm³/mol. The van der Waals surface area contributed by atoms with Crippen molar-refractivity contribution in [1.82, 2.24) is 0 Å². The standard InChI is InChI=1S/C14H11F2N3O2/c15-10-3-4-12(11(16)6-10)18-13(20)8-19-5-1-2-9(7-19)14(17)21/h1-7H,8H2,(H2-,17,18,20,21)/p+1. The Morgan fingerprint density at radius 2 is 2.00 bits per heavy atom. The highest BCUT2D eigenvalue weighted by Gasteiger charge is 2.14. The molecule has 0 unspecified atom stereocenters. The molecule has 0 fully saturated rings. The molecule has 0 radical (unpaired) electrons. The van der Waals surface area contributed by atoms with Crippen LogP contribution in [0.4, 0.5) is 14.5 Å². The fourth-order valence-electron chi connectivity index (χ4n) is 1.71. The molecule has 7 heteroatoms. The molecule has 0 aliphatic carbocycles. The number of primary amides is 1. The largest absolute Gasteiger partial charge is 0.365 e. The molecule has 1 aromatic heterocycles. The summed E-state index contributed by atoms with van der Waals surface area (Å²) in [5.41, 5.74) is 5.26. The smallest absolute Gasteiger partial charge is 0.290 e. The zero-order valence-electron chi connectivity index (χ0n) is 10.8. The van der Waals surface area contributed by atoms with Crippen LogP contribution in [0.1, 0.15) is 10.4 Å². The number of aromatic nitrogens is 1. The number of rotatable bonds is 4. The summed E-state index contributed by atoms with van der Waals surface area (Å²) in [4.78, 5) is 22.8. The molecule has 0 bridgehead atoms. The molecule has 1 heterocycles. The third kappa shape index (κ3) is 3.82. The molecule has 108 valence electrons. The summed E-state index contributed by atoms with van der Waals surface area (Å²) in [6.07, 6.45) is 2.97. The van der Waals surface area contributed by atoms with Gasteiger partial charge < -0.3 is 11.1 Å². The number of benzene rings is 1. The number of nitrogens with zero attached hydrogens (tertiary/aromatic N) is 1. The van der Waals surface area contributed by atoms with Crippen LogP contribution in [0.3, 0.4) is 0 Å². The number of amides is 2. The zero-order valence-corrected chi connectivity index (χ0v) is 10.8. The van der Waals surface area contributed by atoms with Crippen LogP contribution in [0.2, 0.25) is 0 Å². The first-order valence-electron chi connectivity index (χ1n) is 5.99. The van der Waals surface area contributed by atoms with Crippen molar-refractivity contribution in [2.45, 2.75) is 6.54 Å². The van der Waals surface area contributed by atoms with Crippen molar-refractivity contribution in [3.05, 3.63) is 59.9 Å². The highest BCUT2D eigenvalue weighted by atomic mass is 19.1. The van der Waals surface area contributed by atoms with E-state index in [9.17, 15) is 18.4 Å². The zero-order chi connectivity index (χ0) is 15.4. The van der Waals surface area contributed by atoms with Gasteiger partial charge in [-0.15, -0.1) is 0 Å². The molecule has 0 saturated carbocycles. The Labute approximate surface area is 119 Å². The van der Waals surface area contributed by atoms with Crippen molar-refractivity contribution in [3.8, 4) is 0 Å². The van der Waals surface area contributed by atoms with Crippen LogP contribution < -0.4 is 15.6 Å². The summed E-state index contributed by atoms with van der Waals surface area (Å²) < 4.78 is 27.6. The van der Waals surface area contributed by atoms with Gasteiger partial charge in [0.25, 0.3) is 11.8 Å². The Hall–Kier alpha value is -2.83. The lowest BCUT2D eigenvalue weighted by atomic mass is 10.2. The number of nitrogens with two attached hydrogens (primary N) is 1. The lowest BCUT2D eigenvalue weighted by molar-refractivity contribution is -0.684. The maximum Gasteiger partial charge on any atom is 0.290 e. The summed E-state index contributed by atoms with van der Waals surface area (Å²) in [7, 11) is 0. The molecule has 2 amide bonds. The minimum absolute atomic E-state index is 0.118. The highest BCUT2D eigenvalue weighted by molar-refractivity contribution is 5.92. The Morgan fingerprint density at radius 3 is 2.67 bits per heavy atom. The van der Waals surface area contributed by atoms with E-state index in [1.807, 2.05) is 0 Å². The van der Waals surface area contributed by atoms with Gasteiger partial charge in [-0.2, -0.15) is 4.57 Å². The number of anilines is 1. The first kappa shape index (κ1) is 14.6. The van der Waals surface area contributed by atoms with Crippen LogP contribution in [0.25, 0.3) is 0 Å². The maximum absolute atomic E-state index is 13.4. The van der Waals surface area contributed by atoms with E-state index in [4.69, 9.17) is 5.73 Å². The SMILES string of the molecule is NC(=O)c1ccc[n+](CC(=O)Nc2ccc(F)cc2F)c1. The molecule has 21 heavy (non-hydrogen) atoms. The number of carbonyl (C=O) groups excluding carboxylic acids is 2. The summed E-state index contributed by atoms with van der Waals surface area (Å²) in [6.45, 7) is -0.141. The van der Waals surface area contributed by atoms with Crippen molar-refractivity contribution >= 4 is 17.5 Å². The Bertz CT molecular complexity index is 704. The summed E-state index contributed by atoms with van der Waals surface area (Å²) in [6, 6.07) is 5.92. The van der Waals surface area contributed by atoms with Crippen LogP contribution in [-0.4, -0.2) is 11.8 Å². The van der Waals surface area contributed by atoms with Gasteiger partial charge in [-0.3, -0.25) is 9.59 Å². The first-order valence-corrected chi connectivity index (χ1v) is 5.99. The minimum Gasteiger partial charge on any atom is -0.365 e. The average molecular weight is 292 g/mol. The predicted octanol–water partition coefficient (Wildman–Crippen LogP) is 0.990. The average Bonchev–Trinajstić information content (AvgIpc) is 2.42. The van der Waals surface area contributed by atoms with Gasteiger partial charge in [0.05, 0.1) is 5.69 Å². The second-order valence-electron chi connectivity index (χ2n) is 4.30. The summed E-state index contributed by atoms with van der Waals surface area (Å²) in [5.74, 6) is -2.73. The molecule has 3 N–H and O–H groups in total. The third-order valence-electron chi connectivity index (χ3n) is 2.67. The van der Waals surface area contributed by atoms with Crippen LogP contribution in [0.15, 0.2) is 42.7 Å². The molecule has 0 saturated heterocycles. The van der Waals surface area contributed by atoms with E-state index >= 15 is 0 Å². The van der Waals surface area contributed by atoms with E-state index in [1.165, 1.54) is 16.8 Å². The fourth-order valence-corrected chi connectivity index (χ4v) is 1.71. The normalized spacial score (nSPS) is 10.2. The molecule has 1 aromatic carbocycles. The van der Waals surface area contributed by atoms with Gasteiger partial charge in [-0.25, -0.2) is 8.78 Å². The lowest BCUT2D eigenvalue weighted by Gasteiger charge is -2.04. The highest BCUT2D eigenvalue weighted by Crippen LogP contribution is 2.14. The van der Waals surface area contributed by atoms with E-state index < -0.39 is 23.4 Å². The molecular weight excluding hydrogens is 280 g/mol. The molecule has 0 aliphatic heterocycles. The van der Waals surface area contributed by atoms with Gasteiger partial charge in [-0.1, -0.05) is 0 Å². The van der Waals surface area contributed by atoms with Gasteiger partial charge in [0, 0.05) is 12.1 Å². The number of nitrogens with one attached hydrogen (secondary N) is 1. The second-order valence-corrected chi connectivity index (χ2v) is 4.30. The quantitative estimate of drug-likeness (QED) is 0.825. The summed E-state index contributed by atoms with van der Waals surface area (Å²) >= 11 is 0. The van der Waals surface area contributed by atoms with E-state index in [0.29, 0.717) is 6.07 Å². The van der Waals surface area contributed by atoms with Crippen molar-refractivity contribution in [1.29, 1.82) is 0 Å². The van der Waals surface area contributed by atoms with Gasteiger partial charge in [-0.05, 0) is 18.2 Å². The van der Waals surface area contributed by atoms with Crippen LogP contribution in [-0.2, 0) is 11.3 Å². The van der Waals surface area contributed by atoms with E-state index in [0.717, 1.165) is 12.1 Å². The lowest BCUT2D eigenvalue weighted by Crippen LogP contribution is -2.40. The van der Waals surface area contributed by atoms with Crippen LogP contribution in [0, 0.1) is 11.6 Å². The third-order valence-corrected chi connectivity index (χ3v) is 2.67. The number of hydrogen-bond acceptors (Lipinski definition) is 2. The molecule has 2 rings (SSSR count). The number of hydrogen-bond donors (Lipinski definition) is 2. The maximum atomic E-state index is 13.4. The van der Waals surface area contributed by atoms with Crippen molar-refractivity contribution in [2.24, 2.45) is 5.73 Å². The monoisotopic (exact) mass is 292 g/mol. The molecule has 0 spiro atoms.